The van der Waals surface area contributed by atoms with Crippen LogP contribution >= 0.6 is 0 Å². The van der Waals surface area contributed by atoms with Gasteiger partial charge in [-0.25, -0.2) is 13.1 Å². The predicted molar refractivity (Wildman–Crippen MR) is 108 cm³/mol. The molecule has 146 valence electrons. The Morgan fingerprint density at radius 3 is 2.64 bits per heavy atom. The van der Waals surface area contributed by atoms with Crippen LogP contribution in [0.15, 0.2) is 45.9 Å². The Hall–Kier alpha value is -2.64. The Morgan fingerprint density at radius 2 is 1.89 bits per heavy atom. The number of carbonyl (C=O) groups excluding carboxylic acids is 1. The van der Waals surface area contributed by atoms with E-state index >= 15 is 0 Å². The van der Waals surface area contributed by atoms with Crippen molar-refractivity contribution in [2.45, 2.75) is 37.5 Å². The third kappa shape index (κ3) is 3.43. The maximum absolute atomic E-state index is 12.6. The Morgan fingerprint density at radius 1 is 1.14 bits per heavy atom. The van der Waals surface area contributed by atoms with Crippen molar-refractivity contribution in [3.05, 3.63) is 58.8 Å². The lowest BCUT2D eigenvalue weighted by Gasteiger charge is -2.10. The third-order valence-corrected chi connectivity index (χ3v) is 6.81. The van der Waals surface area contributed by atoms with Gasteiger partial charge in [-0.3, -0.25) is 4.79 Å². The van der Waals surface area contributed by atoms with Crippen LogP contribution in [-0.2, 0) is 34.1 Å². The highest BCUT2D eigenvalue weighted by molar-refractivity contribution is 7.89. The van der Waals surface area contributed by atoms with Gasteiger partial charge in [0, 0.05) is 16.6 Å². The van der Waals surface area contributed by atoms with E-state index in [1.54, 1.807) is 25.3 Å². The van der Waals surface area contributed by atoms with Gasteiger partial charge in [0.25, 0.3) is 0 Å². The number of nitrogens with one attached hydrogen (secondary N) is 2. The van der Waals surface area contributed by atoms with Gasteiger partial charge in [-0.2, -0.15) is 0 Å². The fourth-order valence-corrected chi connectivity index (χ4v) is 4.73. The van der Waals surface area contributed by atoms with Crippen molar-refractivity contribution in [2.24, 2.45) is 0 Å². The molecule has 1 heterocycles. The fourth-order valence-electron chi connectivity index (χ4n) is 3.74. The van der Waals surface area contributed by atoms with Crippen molar-refractivity contribution in [3.8, 4) is 0 Å². The molecule has 0 radical (unpaired) electrons. The zero-order valence-corrected chi connectivity index (χ0v) is 16.7. The highest BCUT2D eigenvalue weighted by Gasteiger charge is 2.18. The Balaban J connectivity index is 1.56. The van der Waals surface area contributed by atoms with Crippen molar-refractivity contribution in [1.82, 2.24) is 4.72 Å². The summed E-state index contributed by atoms with van der Waals surface area (Å²) in [5.74, 6) is -0.222. The number of anilines is 1. The van der Waals surface area contributed by atoms with Crippen molar-refractivity contribution < 1.29 is 17.6 Å². The topological polar surface area (TPSA) is 88.4 Å². The molecule has 0 aliphatic heterocycles. The molecular formula is C21H22N2O4S. The molecule has 7 heteroatoms. The van der Waals surface area contributed by atoms with Crippen LogP contribution in [0.1, 0.15) is 28.7 Å². The van der Waals surface area contributed by atoms with Crippen LogP contribution in [0, 0.1) is 6.92 Å². The summed E-state index contributed by atoms with van der Waals surface area (Å²) < 4.78 is 32.2. The summed E-state index contributed by atoms with van der Waals surface area (Å²) in [5, 5.41) is 3.76. The summed E-state index contributed by atoms with van der Waals surface area (Å²) in [6, 6.07) is 9.05. The standard InChI is InChI=1S/C21H22N2O4S/c1-13-6-7-17(11-20(13)28(25,26)22-2)23-21(24)10-16-12-27-19-9-15-5-3-4-14(15)8-18(16)19/h6-9,11-12,22H,3-5,10H2,1-2H3,(H,23,24). The lowest BCUT2D eigenvalue weighted by Crippen LogP contribution is -2.20. The SMILES string of the molecule is CNS(=O)(=O)c1cc(NC(=O)Cc2coc3cc4c(cc23)CCC4)ccc1C. The van der Waals surface area contributed by atoms with E-state index in [-0.39, 0.29) is 17.2 Å². The van der Waals surface area contributed by atoms with Crippen LogP contribution in [0.4, 0.5) is 5.69 Å². The Labute approximate surface area is 164 Å². The first kappa shape index (κ1) is 18.7. The van der Waals surface area contributed by atoms with Gasteiger partial charge in [-0.05, 0) is 74.2 Å². The number of amides is 1. The smallest absolute Gasteiger partial charge is 0.240 e. The maximum atomic E-state index is 12.6. The molecule has 0 fully saturated rings. The molecule has 1 aromatic heterocycles. The molecule has 28 heavy (non-hydrogen) atoms. The van der Waals surface area contributed by atoms with Gasteiger partial charge in [0.15, 0.2) is 0 Å². The first-order valence-electron chi connectivity index (χ1n) is 9.23. The number of fused-ring (bicyclic) bond motifs is 2. The van der Waals surface area contributed by atoms with Crippen LogP contribution in [-0.4, -0.2) is 21.4 Å². The largest absolute Gasteiger partial charge is 0.464 e. The second kappa shape index (κ2) is 7.07. The van der Waals surface area contributed by atoms with E-state index in [4.69, 9.17) is 4.42 Å². The van der Waals surface area contributed by atoms with Gasteiger partial charge in [-0.1, -0.05) is 6.07 Å². The van der Waals surface area contributed by atoms with E-state index in [2.05, 4.69) is 22.2 Å². The average Bonchev–Trinajstić information content (AvgIpc) is 3.28. The summed E-state index contributed by atoms with van der Waals surface area (Å²) in [5.41, 5.74) is 5.35. The summed E-state index contributed by atoms with van der Waals surface area (Å²) in [6.45, 7) is 1.71. The second-order valence-corrected chi connectivity index (χ2v) is 9.00. The molecule has 1 amide bonds. The van der Waals surface area contributed by atoms with Gasteiger partial charge in [0.05, 0.1) is 17.6 Å². The maximum Gasteiger partial charge on any atom is 0.240 e. The van der Waals surface area contributed by atoms with Crippen LogP contribution in [0.2, 0.25) is 0 Å². The Bertz CT molecular complexity index is 1180. The summed E-state index contributed by atoms with van der Waals surface area (Å²) in [4.78, 5) is 12.7. The quantitative estimate of drug-likeness (QED) is 0.690. The number of sulfonamides is 1. The lowest BCUT2D eigenvalue weighted by atomic mass is 10.0. The van der Waals surface area contributed by atoms with Crippen LogP contribution in [0.25, 0.3) is 11.0 Å². The normalized spacial score (nSPS) is 13.6. The Kier molecular flexibility index (Phi) is 4.72. The molecule has 0 bridgehead atoms. The molecule has 0 unspecified atom stereocenters. The van der Waals surface area contributed by atoms with Crippen LogP contribution < -0.4 is 10.0 Å². The van der Waals surface area contributed by atoms with Crippen LogP contribution in [0.3, 0.4) is 0 Å². The van der Waals surface area contributed by atoms with Crippen LogP contribution in [0.5, 0.6) is 0 Å². The number of benzene rings is 2. The van der Waals surface area contributed by atoms with E-state index in [0.717, 1.165) is 35.8 Å². The minimum Gasteiger partial charge on any atom is -0.464 e. The second-order valence-electron chi connectivity index (χ2n) is 7.14. The van der Waals surface area contributed by atoms with Crippen molar-refractivity contribution in [1.29, 1.82) is 0 Å². The molecule has 6 nitrogen and oxygen atoms in total. The summed E-state index contributed by atoms with van der Waals surface area (Å²) in [7, 11) is -2.23. The molecule has 2 N–H and O–H groups in total. The number of furan rings is 1. The first-order valence-corrected chi connectivity index (χ1v) is 10.7. The van der Waals surface area contributed by atoms with E-state index in [9.17, 15) is 13.2 Å². The van der Waals surface area contributed by atoms with E-state index in [1.165, 1.54) is 24.2 Å². The minimum absolute atomic E-state index is 0.150. The molecule has 4 rings (SSSR count). The van der Waals surface area contributed by atoms with Gasteiger partial charge in [0.1, 0.15) is 5.58 Å². The molecule has 0 atom stereocenters. The monoisotopic (exact) mass is 398 g/mol. The number of rotatable bonds is 5. The number of hydrogen-bond acceptors (Lipinski definition) is 4. The first-order chi connectivity index (χ1) is 13.4. The minimum atomic E-state index is -3.59. The molecule has 0 saturated heterocycles. The summed E-state index contributed by atoms with van der Waals surface area (Å²) >= 11 is 0. The number of hydrogen-bond donors (Lipinski definition) is 2. The number of carbonyl (C=O) groups is 1. The molecule has 1 aliphatic rings. The van der Waals surface area contributed by atoms with E-state index in [1.807, 2.05) is 0 Å². The number of aryl methyl sites for hydroxylation is 3. The molecular weight excluding hydrogens is 376 g/mol. The fraction of sp³-hybridized carbons (Fsp3) is 0.286. The van der Waals surface area contributed by atoms with Gasteiger partial charge in [-0.15, -0.1) is 0 Å². The third-order valence-electron chi connectivity index (χ3n) is 5.25. The van der Waals surface area contributed by atoms with Gasteiger partial charge in [0.2, 0.25) is 15.9 Å². The molecule has 1 aliphatic carbocycles. The highest BCUT2D eigenvalue weighted by Crippen LogP contribution is 2.30. The zero-order chi connectivity index (χ0) is 19.9. The van der Waals surface area contributed by atoms with Gasteiger partial charge >= 0.3 is 0 Å². The molecule has 2 aromatic carbocycles. The lowest BCUT2D eigenvalue weighted by molar-refractivity contribution is -0.115. The highest BCUT2D eigenvalue weighted by atomic mass is 32.2. The molecule has 0 saturated carbocycles. The zero-order valence-electron chi connectivity index (χ0n) is 15.8. The predicted octanol–water partition coefficient (Wildman–Crippen LogP) is 3.32. The average molecular weight is 398 g/mol. The van der Waals surface area contributed by atoms with Crippen molar-refractivity contribution >= 4 is 32.6 Å². The van der Waals surface area contributed by atoms with E-state index in [0.29, 0.717) is 11.3 Å². The summed E-state index contributed by atoms with van der Waals surface area (Å²) in [6.07, 6.45) is 5.09. The van der Waals surface area contributed by atoms with E-state index < -0.39 is 10.0 Å². The molecule has 3 aromatic rings. The molecule has 0 spiro atoms. The van der Waals surface area contributed by atoms with Crippen molar-refractivity contribution in [2.75, 3.05) is 12.4 Å². The van der Waals surface area contributed by atoms with Gasteiger partial charge < -0.3 is 9.73 Å². The van der Waals surface area contributed by atoms with Crippen molar-refractivity contribution in [3.63, 3.8) is 0 Å².